The number of carbonyl (C=O) groups excluding carboxylic acids is 1. The molecule has 0 atom stereocenters. The van der Waals surface area contributed by atoms with Crippen molar-refractivity contribution in [3.05, 3.63) is 46.4 Å². The summed E-state index contributed by atoms with van der Waals surface area (Å²) >= 11 is 0. The van der Waals surface area contributed by atoms with E-state index in [2.05, 4.69) is 4.98 Å². The van der Waals surface area contributed by atoms with Gasteiger partial charge in [-0.2, -0.15) is 0 Å². The van der Waals surface area contributed by atoms with Crippen molar-refractivity contribution in [2.24, 2.45) is 5.73 Å². The molecule has 4 nitrogen and oxygen atoms in total. The van der Waals surface area contributed by atoms with Crippen LogP contribution in [0.4, 0.5) is 0 Å². The number of hydrogen-bond acceptors (Lipinski definition) is 2. The van der Waals surface area contributed by atoms with Crippen molar-refractivity contribution >= 4 is 16.7 Å². The zero-order valence-corrected chi connectivity index (χ0v) is 7.28. The molecule has 0 saturated heterocycles. The van der Waals surface area contributed by atoms with E-state index in [1.165, 1.54) is 0 Å². The minimum Gasteiger partial charge on any atom is -0.365 e. The number of nitrogens with one attached hydrogen (secondary N) is 1. The van der Waals surface area contributed by atoms with Gasteiger partial charge in [-0.05, 0) is 5.39 Å². The minimum absolute atomic E-state index is 0.0168. The van der Waals surface area contributed by atoms with Crippen LogP contribution in [-0.2, 0) is 0 Å². The van der Waals surface area contributed by atoms with E-state index < -0.39 is 11.5 Å². The molecule has 14 heavy (non-hydrogen) atoms. The predicted octanol–water partition coefficient (Wildman–Crippen LogP) is 0.627. The first kappa shape index (κ1) is 8.50. The van der Waals surface area contributed by atoms with Crippen LogP contribution in [0.15, 0.2) is 35.3 Å². The number of aromatic amines is 1. The van der Waals surface area contributed by atoms with Crippen molar-refractivity contribution in [3.63, 3.8) is 0 Å². The van der Waals surface area contributed by atoms with Crippen LogP contribution in [0.1, 0.15) is 10.4 Å². The van der Waals surface area contributed by atoms with Gasteiger partial charge < -0.3 is 10.7 Å². The highest BCUT2D eigenvalue weighted by Gasteiger charge is 2.10. The van der Waals surface area contributed by atoms with Gasteiger partial charge in [0.2, 0.25) is 0 Å². The van der Waals surface area contributed by atoms with Crippen molar-refractivity contribution in [3.8, 4) is 0 Å². The minimum atomic E-state index is -0.706. The highest BCUT2D eigenvalue weighted by atomic mass is 16.2. The zero-order chi connectivity index (χ0) is 10.1. The van der Waals surface area contributed by atoms with Gasteiger partial charge in [0.25, 0.3) is 11.5 Å². The van der Waals surface area contributed by atoms with E-state index in [1.54, 1.807) is 24.4 Å². The smallest absolute Gasteiger partial charge is 0.261 e. The zero-order valence-electron chi connectivity index (χ0n) is 7.28. The average molecular weight is 188 g/mol. The van der Waals surface area contributed by atoms with Gasteiger partial charge in [-0.25, -0.2) is 0 Å². The number of aromatic nitrogens is 1. The van der Waals surface area contributed by atoms with Crippen LogP contribution in [0.2, 0.25) is 0 Å². The van der Waals surface area contributed by atoms with E-state index in [4.69, 9.17) is 5.73 Å². The summed E-state index contributed by atoms with van der Waals surface area (Å²) in [6.45, 7) is 0. The number of H-pyrrole nitrogens is 1. The third-order valence-electron chi connectivity index (χ3n) is 2.06. The molecule has 0 fully saturated rings. The number of carbonyl (C=O) groups is 1. The Labute approximate surface area is 79.4 Å². The lowest BCUT2D eigenvalue weighted by Crippen LogP contribution is -2.23. The molecular formula is C10H8N2O2. The second kappa shape index (κ2) is 2.99. The van der Waals surface area contributed by atoms with Crippen LogP contribution in [0.25, 0.3) is 10.8 Å². The monoisotopic (exact) mass is 188 g/mol. The summed E-state index contributed by atoms with van der Waals surface area (Å²) in [6, 6.07) is 7.09. The van der Waals surface area contributed by atoms with Crippen molar-refractivity contribution in [2.45, 2.75) is 0 Å². The maximum absolute atomic E-state index is 11.3. The summed E-state index contributed by atoms with van der Waals surface area (Å²) in [5.41, 5.74) is 4.69. The van der Waals surface area contributed by atoms with Gasteiger partial charge in [-0.1, -0.05) is 24.3 Å². The second-order valence-electron chi connectivity index (χ2n) is 2.94. The van der Waals surface area contributed by atoms with Crippen molar-refractivity contribution in [1.82, 2.24) is 4.98 Å². The van der Waals surface area contributed by atoms with Gasteiger partial charge in [0.05, 0.1) is 0 Å². The SMILES string of the molecule is NC(=O)c1c(=O)[nH]cc2ccccc12. The Kier molecular flexibility index (Phi) is 1.81. The van der Waals surface area contributed by atoms with E-state index in [1.807, 2.05) is 6.07 Å². The highest BCUT2D eigenvalue weighted by molar-refractivity contribution is 6.05. The van der Waals surface area contributed by atoms with Gasteiger partial charge in [-0.3, -0.25) is 9.59 Å². The molecule has 0 aliphatic carbocycles. The highest BCUT2D eigenvalue weighted by Crippen LogP contribution is 2.13. The Hall–Kier alpha value is -2.10. The van der Waals surface area contributed by atoms with Crippen LogP contribution in [0, 0.1) is 0 Å². The molecule has 0 radical (unpaired) electrons. The molecule has 1 aromatic heterocycles. The van der Waals surface area contributed by atoms with E-state index in [9.17, 15) is 9.59 Å². The number of rotatable bonds is 1. The van der Waals surface area contributed by atoms with Gasteiger partial charge in [0.1, 0.15) is 5.56 Å². The quantitative estimate of drug-likeness (QED) is 0.688. The van der Waals surface area contributed by atoms with E-state index in [0.29, 0.717) is 5.39 Å². The summed E-state index contributed by atoms with van der Waals surface area (Å²) in [5, 5.41) is 1.38. The molecule has 0 spiro atoms. The third kappa shape index (κ3) is 1.17. The molecule has 1 aromatic carbocycles. The van der Waals surface area contributed by atoms with Gasteiger partial charge >= 0.3 is 0 Å². The first-order valence-corrected chi connectivity index (χ1v) is 4.10. The molecule has 1 heterocycles. The Morgan fingerprint density at radius 3 is 2.71 bits per heavy atom. The lowest BCUT2D eigenvalue weighted by molar-refractivity contribution is 0.100. The fraction of sp³-hybridized carbons (Fsp3) is 0. The van der Waals surface area contributed by atoms with Gasteiger partial charge in [0.15, 0.2) is 0 Å². The van der Waals surface area contributed by atoms with Gasteiger partial charge in [-0.15, -0.1) is 0 Å². The average Bonchev–Trinajstić information content (AvgIpc) is 2.17. The Morgan fingerprint density at radius 2 is 2.00 bits per heavy atom. The molecule has 0 saturated carbocycles. The predicted molar refractivity (Wildman–Crippen MR) is 53.1 cm³/mol. The summed E-state index contributed by atoms with van der Waals surface area (Å²) in [7, 11) is 0. The molecule has 70 valence electrons. The number of nitrogens with two attached hydrogens (primary N) is 1. The van der Waals surface area contributed by atoms with Crippen LogP contribution in [0.3, 0.4) is 0 Å². The topological polar surface area (TPSA) is 76.0 Å². The number of amides is 1. The van der Waals surface area contributed by atoms with Crippen LogP contribution >= 0.6 is 0 Å². The van der Waals surface area contributed by atoms with E-state index in [-0.39, 0.29) is 5.56 Å². The largest absolute Gasteiger partial charge is 0.365 e. The van der Waals surface area contributed by atoms with Crippen LogP contribution in [0.5, 0.6) is 0 Å². The molecule has 0 unspecified atom stereocenters. The first-order valence-electron chi connectivity index (χ1n) is 4.10. The maximum Gasteiger partial charge on any atom is 0.261 e. The van der Waals surface area contributed by atoms with Crippen LogP contribution in [-0.4, -0.2) is 10.9 Å². The summed E-state index contributed by atoms with van der Waals surface area (Å²) in [4.78, 5) is 24.8. The van der Waals surface area contributed by atoms with Crippen molar-refractivity contribution in [1.29, 1.82) is 0 Å². The lowest BCUT2D eigenvalue weighted by atomic mass is 10.1. The third-order valence-corrected chi connectivity index (χ3v) is 2.06. The number of pyridine rings is 1. The molecule has 0 bridgehead atoms. The summed E-state index contributed by atoms with van der Waals surface area (Å²) in [6.07, 6.45) is 1.56. The number of fused-ring (bicyclic) bond motifs is 1. The first-order chi connectivity index (χ1) is 6.70. The summed E-state index contributed by atoms with van der Waals surface area (Å²) in [5.74, 6) is -0.706. The van der Waals surface area contributed by atoms with Crippen molar-refractivity contribution in [2.75, 3.05) is 0 Å². The summed E-state index contributed by atoms with van der Waals surface area (Å²) < 4.78 is 0. The molecule has 0 aliphatic rings. The normalized spacial score (nSPS) is 10.3. The maximum atomic E-state index is 11.3. The fourth-order valence-electron chi connectivity index (χ4n) is 1.43. The molecule has 2 rings (SSSR count). The molecule has 0 aliphatic heterocycles. The van der Waals surface area contributed by atoms with Crippen molar-refractivity contribution < 1.29 is 4.79 Å². The van der Waals surface area contributed by atoms with E-state index in [0.717, 1.165) is 5.39 Å². The van der Waals surface area contributed by atoms with Gasteiger partial charge in [0, 0.05) is 11.6 Å². The van der Waals surface area contributed by atoms with Crippen LogP contribution < -0.4 is 11.3 Å². The Bertz CT molecular complexity index is 557. The molecule has 1 amide bonds. The molecule has 4 heteroatoms. The van der Waals surface area contributed by atoms with E-state index >= 15 is 0 Å². The molecule has 3 N–H and O–H groups in total. The Balaban J connectivity index is 2.97. The number of primary amides is 1. The second-order valence-corrected chi connectivity index (χ2v) is 2.94. The number of benzene rings is 1. The number of hydrogen-bond donors (Lipinski definition) is 2. The lowest BCUT2D eigenvalue weighted by Gasteiger charge is -2.00. The molecule has 2 aromatic rings. The molecular weight excluding hydrogens is 180 g/mol. The fourth-order valence-corrected chi connectivity index (χ4v) is 1.43. The standard InChI is InChI=1S/C10H8N2O2/c11-9(13)8-7-4-2-1-3-6(7)5-12-10(8)14/h1-5H,(H2,11,13)(H,12,14). The Morgan fingerprint density at radius 1 is 1.29 bits per heavy atom.